The van der Waals surface area contributed by atoms with Crippen molar-refractivity contribution in [3.8, 4) is 10.4 Å². The van der Waals surface area contributed by atoms with Crippen LogP contribution in [0.3, 0.4) is 0 Å². The molecule has 82 valence electrons. The van der Waals surface area contributed by atoms with Crippen LogP contribution in [-0.4, -0.2) is 10.9 Å². The number of carbonyl (C=O) groups is 1. The molecule has 0 aliphatic rings. The molecular formula is C12H12N2OS. The Bertz CT molecular complexity index is 480. The standard InChI is InChI=1S/C12H12N2OS/c1-9(15)14-7-10-5-11(8-13-6-10)12-3-2-4-16-12/h2-6,8H,7H2,1H3,(H,14,15). The molecule has 2 heterocycles. The molecule has 16 heavy (non-hydrogen) atoms. The first-order chi connectivity index (χ1) is 7.75. The molecule has 4 heteroatoms. The third-order valence-electron chi connectivity index (χ3n) is 2.14. The molecule has 2 rings (SSSR count). The highest BCUT2D eigenvalue weighted by Crippen LogP contribution is 2.24. The minimum atomic E-state index is -0.0264. The highest BCUT2D eigenvalue weighted by atomic mass is 32.1. The quantitative estimate of drug-likeness (QED) is 0.883. The van der Waals surface area contributed by atoms with Crippen molar-refractivity contribution in [3.63, 3.8) is 0 Å². The lowest BCUT2D eigenvalue weighted by molar-refractivity contribution is -0.119. The van der Waals surface area contributed by atoms with Crippen molar-refractivity contribution in [2.45, 2.75) is 13.5 Å². The molecule has 0 aliphatic carbocycles. The SMILES string of the molecule is CC(=O)NCc1cncc(-c2cccs2)c1. The Labute approximate surface area is 98.2 Å². The van der Waals surface area contributed by atoms with E-state index in [9.17, 15) is 4.79 Å². The fourth-order valence-electron chi connectivity index (χ4n) is 1.39. The summed E-state index contributed by atoms with van der Waals surface area (Å²) in [6, 6.07) is 6.12. The summed E-state index contributed by atoms with van der Waals surface area (Å²) in [6.45, 7) is 2.04. The van der Waals surface area contributed by atoms with Crippen LogP contribution in [0.25, 0.3) is 10.4 Å². The zero-order valence-electron chi connectivity index (χ0n) is 8.93. The molecule has 0 bridgehead atoms. The number of aromatic nitrogens is 1. The average molecular weight is 232 g/mol. The smallest absolute Gasteiger partial charge is 0.217 e. The molecule has 0 fully saturated rings. The van der Waals surface area contributed by atoms with Gasteiger partial charge in [-0.25, -0.2) is 0 Å². The van der Waals surface area contributed by atoms with Crippen molar-refractivity contribution in [1.29, 1.82) is 0 Å². The molecule has 0 aliphatic heterocycles. The molecule has 2 aromatic heterocycles. The normalized spacial score (nSPS) is 10.1. The number of nitrogens with one attached hydrogen (secondary N) is 1. The van der Waals surface area contributed by atoms with E-state index in [1.54, 1.807) is 17.5 Å². The molecule has 1 amide bonds. The lowest BCUT2D eigenvalue weighted by atomic mass is 10.2. The van der Waals surface area contributed by atoms with Gasteiger partial charge in [0.15, 0.2) is 0 Å². The first-order valence-electron chi connectivity index (χ1n) is 4.98. The highest BCUT2D eigenvalue weighted by molar-refractivity contribution is 7.13. The van der Waals surface area contributed by atoms with Gasteiger partial charge in [-0.2, -0.15) is 0 Å². The fourth-order valence-corrected chi connectivity index (χ4v) is 2.10. The molecular weight excluding hydrogens is 220 g/mol. The van der Waals surface area contributed by atoms with E-state index in [1.807, 2.05) is 17.6 Å². The van der Waals surface area contributed by atoms with Crippen molar-refractivity contribution < 1.29 is 4.79 Å². The third-order valence-corrected chi connectivity index (χ3v) is 3.06. The summed E-state index contributed by atoms with van der Waals surface area (Å²) < 4.78 is 0. The zero-order chi connectivity index (χ0) is 11.4. The van der Waals surface area contributed by atoms with Crippen LogP contribution in [0, 0.1) is 0 Å². The van der Waals surface area contributed by atoms with E-state index in [-0.39, 0.29) is 5.91 Å². The van der Waals surface area contributed by atoms with Crippen LogP contribution in [-0.2, 0) is 11.3 Å². The Hall–Kier alpha value is -1.68. The summed E-state index contributed by atoms with van der Waals surface area (Å²) in [4.78, 5) is 16.2. The molecule has 0 aromatic carbocycles. The summed E-state index contributed by atoms with van der Waals surface area (Å²) in [6.07, 6.45) is 3.61. The monoisotopic (exact) mass is 232 g/mol. The largest absolute Gasteiger partial charge is 0.352 e. The van der Waals surface area contributed by atoms with E-state index in [1.165, 1.54) is 11.8 Å². The van der Waals surface area contributed by atoms with Crippen LogP contribution in [0.4, 0.5) is 0 Å². The molecule has 0 saturated carbocycles. The maximum Gasteiger partial charge on any atom is 0.217 e. The Kier molecular flexibility index (Phi) is 3.31. The number of pyridine rings is 1. The Morgan fingerprint density at radius 1 is 1.50 bits per heavy atom. The molecule has 0 unspecified atom stereocenters. The van der Waals surface area contributed by atoms with E-state index < -0.39 is 0 Å². The number of carbonyl (C=O) groups excluding carboxylic acids is 1. The number of thiophene rings is 1. The molecule has 0 saturated heterocycles. The predicted molar refractivity (Wildman–Crippen MR) is 65.1 cm³/mol. The van der Waals surface area contributed by atoms with Gasteiger partial charge in [-0.15, -0.1) is 11.3 Å². The van der Waals surface area contributed by atoms with Crippen molar-refractivity contribution >= 4 is 17.2 Å². The van der Waals surface area contributed by atoms with Crippen molar-refractivity contribution in [1.82, 2.24) is 10.3 Å². The molecule has 2 aromatic rings. The van der Waals surface area contributed by atoms with Gasteiger partial charge >= 0.3 is 0 Å². The van der Waals surface area contributed by atoms with Gasteiger partial charge < -0.3 is 5.32 Å². The number of nitrogens with zero attached hydrogens (tertiary/aromatic N) is 1. The maximum absolute atomic E-state index is 10.8. The predicted octanol–water partition coefficient (Wildman–Crippen LogP) is 2.45. The fraction of sp³-hybridized carbons (Fsp3) is 0.167. The molecule has 0 atom stereocenters. The Balaban J connectivity index is 2.17. The van der Waals surface area contributed by atoms with Gasteiger partial charge in [0.2, 0.25) is 5.91 Å². The van der Waals surface area contributed by atoms with Crippen LogP contribution in [0.5, 0.6) is 0 Å². The summed E-state index contributed by atoms with van der Waals surface area (Å²) >= 11 is 1.68. The number of amides is 1. The minimum Gasteiger partial charge on any atom is -0.352 e. The lowest BCUT2D eigenvalue weighted by Gasteiger charge is -2.03. The lowest BCUT2D eigenvalue weighted by Crippen LogP contribution is -2.18. The van der Waals surface area contributed by atoms with E-state index in [0.29, 0.717) is 6.54 Å². The van der Waals surface area contributed by atoms with Gasteiger partial charge in [0.05, 0.1) is 0 Å². The third kappa shape index (κ3) is 2.67. The Morgan fingerprint density at radius 3 is 3.06 bits per heavy atom. The second-order valence-electron chi connectivity index (χ2n) is 3.47. The summed E-state index contributed by atoms with van der Waals surface area (Å²) in [5, 5.41) is 4.80. The van der Waals surface area contributed by atoms with E-state index >= 15 is 0 Å². The van der Waals surface area contributed by atoms with E-state index in [4.69, 9.17) is 0 Å². The second kappa shape index (κ2) is 4.90. The van der Waals surface area contributed by atoms with Gasteiger partial charge in [-0.1, -0.05) is 6.07 Å². The minimum absolute atomic E-state index is 0.0264. The van der Waals surface area contributed by atoms with Crippen molar-refractivity contribution in [3.05, 3.63) is 41.5 Å². The van der Waals surface area contributed by atoms with Gasteiger partial charge in [0.25, 0.3) is 0 Å². The summed E-state index contributed by atoms with van der Waals surface area (Å²) in [7, 11) is 0. The number of hydrogen-bond acceptors (Lipinski definition) is 3. The Morgan fingerprint density at radius 2 is 2.38 bits per heavy atom. The van der Waals surface area contributed by atoms with Crippen molar-refractivity contribution in [2.75, 3.05) is 0 Å². The number of hydrogen-bond donors (Lipinski definition) is 1. The first-order valence-corrected chi connectivity index (χ1v) is 5.86. The van der Waals surface area contributed by atoms with E-state index in [0.717, 1.165) is 11.1 Å². The van der Waals surface area contributed by atoms with Crippen LogP contribution < -0.4 is 5.32 Å². The van der Waals surface area contributed by atoms with Gasteiger partial charge in [-0.3, -0.25) is 9.78 Å². The van der Waals surface area contributed by atoms with Crippen molar-refractivity contribution in [2.24, 2.45) is 0 Å². The molecule has 1 N–H and O–H groups in total. The zero-order valence-corrected chi connectivity index (χ0v) is 9.75. The first kappa shape index (κ1) is 10.8. The molecule has 3 nitrogen and oxygen atoms in total. The second-order valence-corrected chi connectivity index (χ2v) is 4.42. The van der Waals surface area contributed by atoms with Crippen LogP contribution in [0.15, 0.2) is 36.0 Å². The average Bonchev–Trinajstić information content (AvgIpc) is 2.80. The van der Waals surface area contributed by atoms with Crippen LogP contribution >= 0.6 is 11.3 Å². The molecule has 0 spiro atoms. The van der Waals surface area contributed by atoms with Gasteiger partial charge in [0.1, 0.15) is 0 Å². The topological polar surface area (TPSA) is 42.0 Å². The summed E-state index contributed by atoms with van der Waals surface area (Å²) in [5.41, 5.74) is 2.11. The number of rotatable bonds is 3. The van der Waals surface area contributed by atoms with Gasteiger partial charge in [0, 0.05) is 36.3 Å². The maximum atomic E-state index is 10.8. The summed E-state index contributed by atoms with van der Waals surface area (Å²) in [5.74, 6) is -0.0264. The van der Waals surface area contributed by atoms with Gasteiger partial charge in [-0.05, 0) is 23.1 Å². The molecule has 0 radical (unpaired) electrons. The van der Waals surface area contributed by atoms with Crippen LogP contribution in [0.2, 0.25) is 0 Å². The highest BCUT2D eigenvalue weighted by Gasteiger charge is 2.01. The van der Waals surface area contributed by atoms with E-state index in [2.05, 4.69) is 22.4 Å². The van der Waals surface area contributed by atoms with Crippen LogP contribution in [0.1, 0.15) is 12.5 Å².